The summed E-state index contributed by atoms with van der Waals surface area (Å²) in [7, 11) is 0. The first-order valence-electron chi connectivity index (χ1n) is 11.0. The highest BCUT2D eigenvalue weighted by atomic mass is 16.7. The van der Waals surface area contributed by atoms with E-state index in [1.54, 1.807) is 4.90 Å². The van der Waals surface area contributed by atoms with E-state index in [4.69, 9.17) is 9.47 Å². The first-order chi connectivity index (χ1) is 14.7. The Hall–Kier alpha value is -2.57. The van der Waals surface area contributed by atoms with Crippen molar-refractivity contribution in [2.75, 3.05) is 39.5 Å². The third-order valence-corrected chi connectivity index (χ3v) is 6.08. The summed E-state index contributed by atoms with van der Waals surface area (Å²) in [6.07, 6.45) is 1.97. The third-order valence-electron chi connectivity index (χ3n) is 6.08. The average Bonchev–Trinajstić information content (AvgIpc) is 3.22. The lowest BCUT2D eigenvalue weighted by Gasteiger charge is -2.29. The molecule has 30 heavy (non-hydrogen) atoms. The molecular weight excluding hydrogens is 378 g/mol. The molecule has 0 radical (unpaired) electrons. The minimum atomic E-state index is 0.171. The van der Waals surface area contributed by atoms with Crippen LogP contribution in [0.1, 0.15) is 24.5 Å². The van der Waals surface area contributed by atoms with E-state index in [1.165, 1.54) is 16.0 Å². The predicted molar refractivity (Wildman–Crippen MR) is 115 cm³/mol. The number of nitrogens with one attached hydrogen (secondary N) is 3. The summed E-state index contributed by atoms with van der Waals surface area (Å²) in [5, 5.41) is 3.18. The second-order valence-corrected chi connectivity index (χ2v) is 8.53. The summed E-state index contributed by atoms with van der Waals surface area (Å²) < 4.78 is 10.9. The van der Waals surface area contributed by atoms with Crippen LogP contribution in [0, 0.1) is 0 Å². The lowest BCUT2D eigenvalue weighted by Crippen LogP contribution is -3.28. The second kappa shape index (κ2) is 9.96. The predicted octanol–water partition coefficient (Wildman–Crippen LogP) is -0.164. The molecule has 1 saturated heterocycles. The Balaban J connectivity index is 1.15. The van der Waals surface area contributed by atoms with Crippen LogP contribution in [-0.4, -0.2) is 51.5 Å². The molecule has 2 aromatic carbocycles. The molecule has 1 amide bonds. The molecule has 6 nitrogen and oxygen atoms in total. The zero-order valence-electron chi connectivity index (χ0n) is 17.8. The van der Waals surface area contributed by atoms with Crippen LogP contribution in [0.2, 0.25) is 0 Å². The van der Waals surface area contributed by atoms with E-state index in [2.05, 4.69) is 48.6 Å². The van der Waals surface area contributed by atoms with Crippen LogP contribution in [0.15, 0.2) is 48.5 Å². The Morgan fingerprint density at radius 3 is 2.50 bits per heavy atom. The topological polar surface area (TPSA) is 56.4 Å². The van der Waals surface area contributed by atoms with Crippen molar-refractivity contribution >= 4 is 5.91 Å². The van der Waals surface area contributed by atoms with Gasteiger partial charge in [0.15, 0.2) is 18.0 Å². The van der Waals surface area contributed by atoms with Gasteiger partial charge in [-0.3, -0.25) is 4.79 Å². The fourth-order valence-electron chi connectivity index (χ4n) is 4.30. The van der Waals surface area contributed by atoms with E-state index in [1.807, 2.05) is 12.1 Å². The van der Waals surface area contributed by atoms with Gasteiger partial charge < -0.3 is 24.6 Å². The number of fused-ring (bicyclic) bond motifs is 1. The van der Waals surface area contributed by atoms with Gasteiger partial charge in [0, 0.05) is 11.6 Å². The number of carbonyl (C=O) groups is 1. The number of hydrogen-bond acceptors (Lipinski definition) is 3. The normalized spacial score (nSPS) is 21.2. The molecule has 0 aromatic heterocycles. The Labute approximate surface area is 178 Å². The van der Waals surface area contributed by atoms with Crippen LogP contribution in [0.4, 0.5) is 0 Å². The lowest BCUT2D eigenvalue weighted by molar-refractivity contribution is -1.02. The molecule has 6 heteroatoms. The van der Waals surface area contributed by atoms with Crippen molar-refractivity contribution in [3.63, 3.8) is 0 Å². The molecule has 0 bridgehead atoms. The summed E-state index contributed by atoms with van der Waals surface area (Å²) >= 11 is 0. The fourth-order valence-corrected chi connectivity index (χ4v) is 4.30. The SMILES string of the molecule is C[C@H](CCc1ccccc1)NC(=O)C[NH+]1CC[NH+](Cc2ccc3c(c2)OCO3)CC1. The Morgan fingerprint density at radius 1 is 0.967 bits per heavy atom. The van der Waals surface area contributed by atoms with Crippen molar-refractivity contribution in [1.82, 2.24) is 5.32 Å². The molecule has 2 aliphatic heterocycles. The van der Waals surface area contributed by atoms with Gasteiger partial charge in [-0.2, -0.15) is 0 Å². The van der Waals surface area contributed by atoms with Crippen molar-refractivity contribution in [1.29, 1.82) is 0 Å². The minimum absolute atomic E-state index is 0.171. The summed E-state index contributed by atoms with van der Waals surface area (Å²) in [5.41, 5.74) is 2.61. The second-order valence-electron chi connectivity index (χ2n) is 8.53. The molecule has 1 fully saturated rings. The van der Waals surface area contributed by atoms with Crippen molar-refractivity contribution in [3.05, 3.63) is 59.7 Å². The minimum Gasteiger partial charge on any atom is -0.454 e. The number of benzene rings is 2. The zero-order valence-corrected chi connectivity index (χ0v) is 17.8. The van der Waals surface area contributed by atoms with Crippen LogP contribution in [0.25, 0.3) is 0 Å². The van der Waals surface area contributed by atoms with Crippen molar-refractivity contribution in [2.24, 2.45) is 0 Å². The summed E-state index contributed by atoms with van der Waals surface area (Å²) in [4.78, 5) is 15.4. The average molecular weight is 412 g/mol. The first-order valence-corrected chi connectivity index (χ1v) is 11.0. The Morgan fingerprint density at radius 2 is 1.70 bits per heavy atom. The summed E-state index contributed by atoms with van der Waals surface area (Å²) in [5.74, 6) is 1.87. The van der Waals surface area contributed by atoms with E-state index in [0.29, 0.717) is 13.3 Å². The molecule has 2 aromatic rings. The quantitative estimate of drug-likeness (QED) is 0.566. The monoisotopic (exact) mass is 411 g/mol. The smallest absolute Gasteiger partial charge is 0.275 e. The number of hydrogen-bond donors (Lipinski definition) is 3. The van der Waals surface area contributed by atoms with E-state index in [9.17, 15) is 4.79 Å². The van der Waals surface area contributed by atoms with Gasteiger partial charge in [-0.15, -0.1) is 0 Å². The molecule has 3 N–H and O–H groups in total. The highest BCUT2D eigenvalue weighted by molar-refractivity contribution is 5.77. The summed E-state index contributed by atoms with van der Waals surface area (Å²) in [6, 6.07) is 16.9. The van der Waals surface area contributed by atoms with Crippen LogP contribution in [0.5, 0.6) is 11.5 Å². The highest BCUT2D eigenvalue weighted by Crippen LogP contribution is 2.32. The van der Waals surface area contributed by atoms with Crippen LogP contribution < -0.4 is 24.6 Å². The zero-order chi connectivity index (χ0) is 20.8. The van der Waals surface area contributed by atoms with Crippen molar-refractivity contribution in [2.45, 2.75) is 32.4 Å². The molecule has 0 spiro atoms. The fraction of sp³-hybridized carbons (Fsp3) is 0.458. The van der Waals surface area contributed by atoms with Gasteiger partial charge >= 0.3 is 0 Å². The molecular formula is C24H33N3O3+2. The number of aryl methyl sites for hydroxylation is 1. The van der Waals surface area contributed by atoms with E-state index >= 15 is 0 Å². The van der Waals surface area contributed by atoms with Gasteiger partial charge in [0.1, 0.15) is 32.7 Å². The van der Waals surface area contributed by atoms with Crippen LogP contribution in [0.3, 0.4) is 0 Å². The van der Waals surface area contributed by atoms with Gasteiger partial charge in [-0.1, -0.05) is 30.3 Å². The van der Waals surface area contributed by atoms with Gasteiger partial charge in [-0.25, -0.2) is 0 Å². The van der Waals surface area contributed by atoms with Crippen molar-refractivity contribution in [3.8, 4) is 11.5 Å². The highest BCUT2D eigenvalue weighted by Gasteiger charge is 2.26. The van der Waals surface area contributed by atoms with Crippen LogP contribution >= 0.6 is 0 Å². The maximum Gasteiger partial charge on any atom is 0.275 e. The molecule has 0 unspecified atom stereocenters. The van der Waals surface area contributed by atoms with E-state index in [-0.39, 0.29) is 11.9 Å². The standard InChI is InChI=1S/C24H31N3O3/c1-19(7-8-20-5-3-2-4-6-20)25-24(28)17-27-13-11-26(12-14-27)16-21-9-10-22-23(15-21)30-18-29-22/h2-6,9-10,15,19H,7-8,11-14,16-18H2,1H3,(H,25,28)/p+2/t19-/m1/s1. The van der Waals surface area contributed by atoms with E-state index < -0.39 is 0 Å². The number of quaternary nitrogens is 2. The lowest BCUT2D eigenvalue weighted by atomic mass is 10.1. The number of piperazine rings is 1. The van der Waals surface area contributed by atoms with Crippen LogP contribution in [-0.2, 0) is 17.8 Å². The third kappa shape index (κ3) is 5.74. The maximum absolute atomic E-state index is 12.4. The molecule has 0 saturated carbocycles. The van der Waals surface area contributed by atoms with Gasteiger partial charge in [0.25, 0.3) is 5.91 Å². The largest absolute Gasteiger partial charge is 0.454 e. The summed E-state index contributed by atoms with van der Waals surface area (Å²) in [6.45, 7) is 8.22. The number of amides is 1. The number of rotatable bonds is 8. The van der Waals surface area contributed by atoms with E-state index in [0.717, 1.165) is 57.1 Å². The van der Waals surface area contributed by atoms with Gasteiger partial charge in [0.2, 0.25) is 6.79 Å². The number of carbonyl (C=O) groups excluding carboxylic acids is 1. The van der Waals surface area contributed by atoms with Gasteiger partial charge in [0.05, 0.1) is 0 Å². The first kappa shape index (κ1) is 20.7. The molecule has 2 aliphatic rings. The number of ether oxygens (including phenoxy) is 2. The molecule has 160 valence electrons. The maximum atomic E-state index is 12.4. The molecule has 4 rings (SSSR count). The Bertz CT molecular complexity index is 835. The molecule has 2 heterocycles. The van der Waals surface area contributed by atoms with Gasteiger partial charge in [-0.05, 0) is 43.5 Å². The molecule has 0 aliphatic carbocycles. The Kier molecular flexibility index (Phi) is 6.87. The molecule has 1 atom stereocenters. The van der Waals surface area contributed by atoms with Crippen molar-refractivity contribution < 1.29 is 24.1 Å².